The number of carbonyl (C=O) groups excluding carboxylic acids is 3. The Balaban J connectivity index is 4.04. The molecule has 0 saturated carbocycles. The van der Waals surface area contributed by atoms with Gasteiger partial charge in [-0.3, -0.25) is 4.79 Å². The van der Waals surface area contributed by atoms with E-state index in [4.69, 9.17) is 0 Å². The van der Waals surface area contributed by atoms with Crippen LogP contribution in [0.2, 0.25) is 0 Å². The summed E-state index contributed by atoms with van der Waals surface area (Å²) >= 11 is 0. The van der Waals surface area contributed by atoms with Gasteiger partial charge in [0.05, 0.1) is 6.04 Å². The van der Waals surface area contributed by atoms with E-state index in [1.165, 1.54) is 11.8 Å². The molecule has 4 nitrogen and oxygen atoms in total. The third kappa shape index (κ3) is 3.27. The van der Waals surface area contributed by atoms with Gasteiger partial charge in [-0.2, -0.15) is 0 Å². The van der Waals surface area contributed by atoms with Crippen LogP contribution in [0.5, 0.6) is 0 Å². The van der Waals surface area contributed by atoms with Crippen LogP contribution < -0.4 is 0 Å². The zero-order valence-electron chi connectivity index (χ0n) is 7.32. The fraction of sp³-hybridized carbons (Fsp3) is 0.625. The average Bonchev–Trinajstić information content (AvgIpc) is 2.05. The standard InChI is InChI=1S/C8H13NO3/c1-7(12)9(2)8(6-11)4-3-5-10/h5-6,8H,3-4H2,1-2H3. The van der Waals surface area contributed by atoms with Crippen LogP contribution in [0, 0.1) is 0 Å². The highest BCUT2D eigenvalue weighted by molar-refractivity contribution is 5.77. The van der Waals surface area contributed by atoms with Crippen LogP contribution in [-0.4, -0.2) is 36.5 Å². The molecule has 1 unspecified atom stereocenters. The third-order valence-electron chi connectivity index (χ3n) is 1.73. The molecule has 0 fully saturated rings. The maximum atomic E-state index is 10.8. The Morgan fingerprint density at radius 2 is 2.08 bits per heavy atom. The molecule has 0 spiro atoms. The maximum absolute atomic E-state index is 10.8. The largest absolute Gasteiger partial charge is 0.336 e. The van der Waals surface area contributed by atoms with Gasteiger partial charge in [0.15, 0.2) is 0 Å². The van der Waals surface area contributed by atoms with Gasteiger partial charge in [0.25, 0.3) is 0 Å². The molecule has 4 heteroatoms. The van der Waals surface area contributed by atoms with Gasteiger partial charge in [0.1, 0.15) is 12.6 Å². The second kappa shape index (κ2) is 5.46. The molecular formula is C8H13NO3. The molecule has 1 atom stereocenters. The molecular weight excluding hydrogens is 158 g/mol. The first-order chi connectivity index (χ1) is 5.63. The van der Waals surface area contributed by atoms with Gasteiger partial charge < -0.3 is 14.5 Å². The summed E-state index contributed by atoms with van der Waals surface area (Å²) in [6, 6.07) is -0.465. The van der Waals surface area contributed by atoms with Crippen LogP contribution in [0.25, 0.3) is 0 Å². The van der Waals surface area contributed by atoms with Crippen molar-refractivity contribution in [3.63, 3.8) is 0 Å². The first kappa shape index (κ1) is 10.8. The van der Waals surface area contributed by atoms with Gasteiger partial charge in [-0.15, -0.1) is 0 Å². The lowest BCUT2D eigenvalue weighted by Crippen LogP contribution is -2.36. The lowest BCUT2D eigenvalue weighted by Gasteiger charge is -2.21. The monoisotopic (exact) mass is 171 g/mol. The van der Waals surface area contributed by atoms with Crippen molar-refractivity contribution in [3.8, 4) is 0 Å². The predicted octanol–water partition coefficient (Wildman–Crippen LogP) is 0.0113. The number of amides is 1. The molecule has 0 aliphatic rings. The van der Waals surface area contributed by atoms with E-state index in [1.807, 2.05) is 0 Å². The highest BCUT2D eigenvalue weighted by Gasteiger charge is 2.14. The van der Waals surface area contributed by atoms with Crippen LogP contribution in [0.15, 0.2) is 0 Å². The van der Waals surface area contributed by atoms with Crippen LogP contribution in [-0.2, 0) is 14.4 Å². The number of likely N-dealkylation sites (N-methyl/N-ethyl adjacent to an activating group) is 1. The summed E-state index contributed by atoms with van der Waals surface area (Å²) in [6.07, 6.45) is 2.14. The summed E-state index contributed by atoms with van der Waals surface area (Å²) in [7, 11) is 1.55. The summed E-state index contributed by atoms with van der Waals surface area (Å²) in [5.74, 6) is -0.169. The molecule has 0 heterocycles. The van der Waals surface area contributed by atoms with Gasteiger partial charge in [-0.05, 0) is 6.42 Å². The van der Waals surface area contributed by atoms with Gasteiger partial charge in [-0.25, -0.2) is 0 Å². The summed E-state index contributed by atoms with van der Waals surface area (Å²) in [4.78, 5) is 32.6. The van der Waals surface area contributed by atoms with E-state index in [-0.39, 0.29) is 5.91 Å². The van der Waals surface area contributed by atoms with Crippen molar-refractivity contribution in [1.82, 2.24) is 4.90 Å². The van der Waals surface area contributed by atoms with Crippen LogP contribution in [0.4, 0.5) is 0 Å². The Bertz CT molecular complexity index is 179. The lowest BCUT2D eigenvalue weighted by molar-refractivity contribution is -0.133. The molecule has 1 amide bonds. The Morgan fingerprint density at radius 1 is 1.50 bits per heavy atom. The molecule has 0 aromatic rings. The fourth-order valence-corrected chi connectivity index (χ4v) is 0.825. The Kier molecular flexibility index (Phi) is 4.92. The van der Waals surface area contributed by atoms with Crippen molar-refractivity contribution in [3.05, 3.63) is 0 Å². The van der Waals surface area contributed by atoms with Gasteiger partial charge >= 0.3 is 0 Å². The molecule has 0 aromatic heterocycles. The maximum Gasteiger partial charge on any atom is 0.219 e. The van der Waals surface area contributed by atoms with Crippen molar-refractivity contribution in [2.75, 3.05) is 7.05 Å². The molecule has 0 aromatic carbocycles. The normalized spacial score (nSPS) is 11.8. The number of nitrogens with zero attached hydrogens (tertiary/aromatic N) is 1. The van der Waals surface area contributed by atoms with Crippen molar-refractivity contribution in [2.45, 2.75) is 25.8 Å². The summed E-state index contributed by atoms with van der Waals surface area (Å²) in [5, 5.41) is 0. The molecule has 0 saturated heterocycles. The van der Waals surface area contributed by atoms with Crippen LogP contribution in [0.1, 0.15) is 19.8 Å². The summed E-state index contributed by atoms with van der Waals surface area (Å²) < 4.78 is 0. The molecule has 0 aliphatic heterocycles. The van der Waals surface area contributed by atoms with Crippen LogP contribution >= 0.6 is 0 Å². The van der Waals surface area contributed by atoms with Crippen LogP contribution in [0.3, 0.4) is 0 Å². The Labute approximate surface area is 71.5 Å². The average molecular weight is 171 g/mol. The Morgan fingerprint density at radius 3 is 2.42 bits per heavy atom. The minimum absolute atomic E-state index is 0.169. The second-order valence-corrected chi connectivity index (χ2v) is 2.58. The van der Waals surface area contributed by atoms with E-state index in [2.05, 4.69) is 0 Å². The van der Waals surface area contributed by atoms with E-state index < -0.39 is 6.04 Å². The topological polar surface area (TPSA) is 54.5 Å². The van der Waals surface area contributed by atoms with Gasteiger partial charge in [0.2, 0.25) is 5.91 Å². The molecule has 0 bridgehead atoms. The zero-order valence-corrected chi connectivity index (χ0v) is 7.32. The fourth-order valence-electron chi connectivity index (χ4n) is 0.825. The molecule has 0 radical (unpaired) electrons. The van der Waals surface area contributed by atoms with E-state index in [1.54, 1.807) is 7.05 Å². The smallest absolute Gasteiger partial charge is 0.219 e. The second-order valence-electron chi connectivity index (χ2n) is 2.58. The predicted molar refractivity (Wildman–Crippen MR) is 43.6 cm³/mol. The van der Waals surface area contributed by atoms with E-state index in [0.717, 1.165) is 6.29 Å². The van der Waals surface area contributed by atoms with Crippen molar-refractivity contribution < 1.29 is 14.4 Å². The number of hydrogen-bond acceptors (Lipinski definition) is 3. The number of rotatable bonds is 5. The van der Waals surface area contributed by atoms with Crippen molar-refractivity contribution in [1.29, 1.82) is 0 Å². The first-order valence-corrected chi connectivity index (χ1v) is 3.75. The molecule has 0 rings (SSSR count). The Hall–Kier alpha value is -1.19. The minimum atomic E-state index is -0.465. The number of aldehydes is 2. The quantitative estimate of drug-likeness (QED) is 0.547. The van der Waals surface area contributed by atoms with Crippen molar-refractivity contribution in [2.24, 2.45) is 0 Å². The first-order valence-electron chi connectivity index (χ1n) is 3.75. The van der Waals surface area contributed by atoms with Crippen molar-refractivity contribution >= 4 is 18.5 Å². The SMILES string of the molecule is CC(=O)N(C)C(C=O)CCC=O. The van der Waals surface area contributed by atoms with E-state index in [9.17, 15) is 14.4 Å². The van der Waals surface area contributed by atoms with E-state index in [0.29, 0.717) is 19.1 Å². The molecule has 68 valence electrons. The third-order valence-corrected chi connectivity index (χ3v) is 1.73. The number of carbonyl (C=O) groups is 3. The summed E-state index contributed by atoms with van der Waals surface area (Å²) in [5.41, 5.74) is 0. The zero-order chi connectivity index (χ0) is 9.56. The van der Waals surface area contributed by atoms with E-state index >= 15 is 0 Å². The minimum Gasteiger partial charge on any atom is -0.336 e. The lowest BCUT2D eigenvalue weighted by atomic mass is 10.1. The summed E-state index contributed by atoms with van der Waals surface area (Å²) in [6.45, 7) is 1.39. The highest BCUT2D eigenvalue weighted by atomic mass is 16.2. The van der Waals surface area contributed by atoms with Gasteiger partial charge in [-0.1, -0.05) is 0 Å². The highest BCUT2D eigenvalue weighted by Crippen LogP contribution is 2.01. The number of hydrogen-bond donors (Lipinski definition) is 0. The molecule has 0 aliphatic carbocycles. The molecule has 12 heavy (non-hydrogen) atoms. The molecule has 0 N–H and O–H groups in total. The van der Waals surface area contributed by atoms with Gasteiger partial charge in [0, 0.05) is 20.4 Å².